The molecule has 0 saturated carbocycles. The minimum Gasteiger partial charge on any atom is -0.436 e. The zero-order chi connectivity index (χ0) is 27.9. The molecule has 0 saturated heterocycles. The Kier molecular flexibility index (Phi) is 4.92. The number of allylic oxidation sites excluding steroid dienone is 2. The lowest BCUT2D eigenvalue weighted by molar-refractivity contribution is 0.620. The first-order valence-corrected chi connectivity index (χ1v) is 14.3. The van der Waals surface area contributed by atoms with Crippen LogP contribution in [0.1, 0.15) is 49.9 Å². The van der Waals surface area contributed by atoms with Gasteiger partial charge in [-0.15, -0.1) is 0 Å². The van der Waals surface area contributed by atoms with Gasteiger partial charge in [0.15, 0.2) is 5.58 Å². The number of para-hydroxylation sites is 2. The first-order valence-electron chi connectivity index (χ1n) is 14.3. The van der Waals surface area contributed by atoms with E-state index in [4.69, 9.17) is 4.42 Å². The summed E-state index contributed by atoms with van der Waals surface area (Å²) in [5, 5.41) is 0. The zero-order valence-corrected chi connectivity index (χ0v) is 23.7. The predicted octanol–water partition coefficient (Wildman–Crippen LogP) is 9.72. The van der Waals surface area contributed by atoms with Gasteiger partial charge in [0, 0.05) is 28.2 Å². The van der Waals surface area contributed by atoms with Crippen LogP contribution in [-0.4, -0.2) is 9.97 Å². The average molecular weight is 531 g/mol. The zero-order valence-electron chi connectivity index (χ0n) is 23.7. The fourth-order valence-corrected chi connectivity index (χ4v) is 7.07. The molecule has 2 aromatic heterocycles. The first kappa shape index (κ1) is 24.1. The van der Waals surface area contributed by atoms with Crippen molar-refractivity contribution >= 4 is 22.2 Å². The number of nitrogens with zero attached hydrogens (tertiary/aromatic N) is 2. The van der Waals surface area contributed by atoms with Gasteiger partial charge < -0.3 is 4.42 Å². The highest BCUT2D eigenvalue weighted by Crippen LogP contribution is 2.63. The standard InChI is InChI=1S/C38H30N2O/c1-37(2)29-21-25(23-12-14-24(15-13-23)36-40-32-10-5-6-11-33(32)41-36)16-18-27(29)34-35(37)28-19-17-26(22-30(28)38(34,3)4)31-9-7-8-20-39-31/h5-22H,1-4H3. The Morgan fingerprint density at radius 2 is 1.15 bits per heavy atom. The van der Waals surface area contributed by atoms with Crippen LogP contribution in [0.2, 0.25) is 0 Å². The van der Waals surface area contributed by atoms with Crippen LogP contribution in [0.25, 0.3) is 56.1 Å². The van der Waals surface area contributed by atoms with E-state index in [1.807, 2.05) is 36.5 Å². The molecule has 0 bridgehead atoms. The van der Waals surface area contributed by atoms with Crippen LogP contribution in [0, 0.1) is 0 Å². The monoisotopic (exact) mass is 530 g/mol. The van der Waals surface area contributed by atoms with Gasteiger partial charge in [-0.2, -0.15) is 0 Å². The van der Waals surface area contributed by atoms with Crippen molar-refractivity contribution in [3.8, 4) is 33.8 Å². The molecule has 198 valence electrons. The Bertz CT molecular complexity index is 1990. The van der Waals surface area contributed by atoms with E-state index in [9.17, 15) is 0 Å². The van der Waals surface area contributed by atoms with Crippen LogP contribution in [0.3, 0.4) is 0 Å². The molecule has 0 amide bonds. The van der Waals surface area contributed by atoms with Crippen molar-refractivity contribution in [2.24, 2.45) is 0 Å². The molecule has 2 heterocycles. The second-order valence-corrected chi connectivity index (χ2v) is 12.3. The third kappa shape index (κ3) is 3.45. The number of aromatic nitrogens is 2. The highest BCUT2D eigenvalue weighted by atomic mass is 16.3. The highest BCUT2D eigenvalue weighted by molar-refractivity contribution is 6.10. The van der Waals surface area contributed by atoms with E-state index < -0.39 is 0 Å². The molecule has 0 radical (unpaired) electrons. The molecule has 8 rings (SSSR count). The van der Waals surface area contributed by atoms with Gasteiger partial charge in [-0.1, -0.05) is 82.3 Å². The van der Waals surface area contributed by atoms with Crippen LogP contribution in [-0.2, 0) is 10.8 Å². The number of rotatable bonds is 3. The van der Waals surface area contributed by atoms with E-state index in [1.165, 1.54) is 50.1 Å². The van der Waals surface area contributed by atoms with Crippen molar-refractivity contribution in [2.45, 2.75) is 38.5 Å². The SMILES string of the molecule is CC1(C)C2=C(c3ccc(-c4ccc(-c5nc6ccccc6o5)cc4)cc31)C(C)(C)c1cc(-c3ccccn3)ccc12. The molecule has 2 aliphatic rings. The van der Waals surface area contributed by atoms with E-state index in [-0.39, 0.29) is 10.8 Å². The molecule has 0 fully saturated rings. The quantitative estimate of drug-likeness (QED) is 0.229. The number of hydrogen-bond donors (Lipinski definition) is 0. The van der Waals surface area contributed by atoms with Crippen LogP contribution < -0.4 is 0 Å². The molecule has 0 aliphatic heterocycles. The lowest BCUT2D eigenvalue weighted by atomic mass is 9.75. The summed E-state index contributed by atoms with van der Waals surface area (Å²) in [4.78, 5) is 9.27. The maximum atomic E-state index is 5.99. The fraction of sp³-hybridized carbons (Fsp3) is 0.158. The van der Waals surface area contributed by atoms with Crippen LogP contribution in [0.4, 0.5) is 0 Å². The van der Waals surface area contributed by atoms with Crippen molar-refractivity contribution in [1.29, 1.82) is 0 Å². The molecule has 0 unspecified atom stereocenters. The van der Waals surface area contributed by atoms with Gasteiger partial charge in [0.05, 0.1) is 5.69 Å². The molecule has 3 nitrogen and oxygen atoms in total. The van der Waals surface area contributed by atoms with E-state index in [0.29, 0.717) is 5.89 Å². The van der Waals surface area contributed by atoms with Crippen molar-refractivity contribution < 1.29 is 4.42 Å². The van der Waals surface area contributed by atoms with E-state index in [2.05, 4.69) is 110 Å². The predicted molar refractivity (Wildman–Crippen MR) is 167 cm³/mol. The summed E-state index contributed by atoms with van der Waals surface area (Å²) in [6.45, 7) is 9.51. The highest BCUT2D eigenvalue weighted by Gasteiger charge is 2.49. The van der Waals surface area contributed by atoms with Gasteiger partial charge in [-0.3, -0.25) is 4.98 Å². The van der Waals surface area contributed by atoms with Gasteiger partial charge in [0.1, 0.15) is 5.52 Å². The molecule has 0 atom stereocenters. The van der Waals surface area contributed by atoms with E-state index >= 15 is 0 Å². The molecular formula is C38H30N2O. The molecule has 4 aromatic carbocycles. The smallest absolute Gasteiger partial charge is 0.227 e. The largest absolute Gasteiger partial charge is 0.436 e. The van der Waals surface area contributed by atoms with Crippen LogP contribution in [0.15, 0.2) is 114 Å². The Labute approximate surface area is 240 Å². The van der Waals surface area contributed by atoms with Crippen molar-refractivity contribution in [3.05, 3.63) is 132 Å². The summed E-state index contributed by atoms with van der Waals surface area (Å²) >= 11 is 0. The van der Waals surface area contributed by atoms with E-state index in [0.717, 1.165) is 22.4 Å². The number of fused-ring (bicyclic) bond motifs is 5. The third-order valence-corrected chi connectivity index (χ3v) is 9.14. The molecule has 0 N–H and O–H groups in total. The molecule has 6 aromatic rings. The molecule has 3 heteroatoms. The number of pyridine rings is 1. The number of oxazole rings is 1. The van der Waals surface area contributed by atoms with Gasteiger partial charge in [0.25, 0.3) is 0 Å². The molecular weight excluding hydrogens is 500 g/mol. The van der Waals surface area contributed by atoms with Gasteiger partial charge in [0.2, 0.25) is 5.89 Å². The maximum absolute atomic E-state index is 5.99. The normalized spacial score (nSPS) is 16.1. The Morgan fingerprint density at radius 3 is 1.80 bits per heavy atom. The topological polar surface area (TPSA) is 38.9 Å². The number of benzene rings is 4. The third-order valence-electron chi connectivity index (χ3n) is 9.14. The van der Waals surface area contributed by atoms with Gasteiger partial charge in [-0.05, 0) is 93.1 Å². The Hall–Kier alpha value is -4.76. The van der Waals surface area contributed by atoms with Crippen molar-refractivity contribution in [1.82, 2.24) is 9.97 Å². The Morgan fingerprint density at radius 1 is 0.561 bits per heavy atom. The molecule has 2 aliphatic carbocycles. The second-order valence-electron chi connectivity index (χ2n) is 12.3. The molecule has 0 spiro atoms. The number of hydrogen-bond acceptors (Lipinski definition) is 3. The summed E-state index contributed by atoms with van der Waals surface area (Å²) in [6, 6.07) is 36.5. The minimum absolute atomic E-state index is 0.0965. The van der Waals surface area contributed by atoms with Crippen LogP contribution in [0.5, 0.6) is 0 Å². The van der Waals surface area contributed by atoms with Crippen LogP contribution >= 0.6 is 0 Å². The second kappa shape index (κ2) is 8.37. The summed E-state index contributed by atoms with van der Waals surface area (Å²) in [5.74, 6) is 0.653. The lowest BCUT2D eigenvalue weighted by Gasteiger charge is -2.28. The van der Waals surface area contributed by atoms with Gasteiger partial charge >= 0.3 is 0 Å². The summed E-state index contributed by atoms with van der Waals surface area (Å²) in [6.07, 6.45) is 1.87. The first-order chi connectivity index (χ1) is 19.8. The molecule has 41 heavy (non-hydrogen) atoms. The van der Waals surface area contributed by atoms with E-state index in [1.54, 1.807) is 0 Å². The van der Waals surface area contributed by atoms with Crippen molar-refractivity contribution in [3.63, 3.8) is 0 Å². The summed E-state index contributed by atoms with van der Waals surface area (Å²) in [7, 11) is 0. The average Bonchev–Trinajstić information content (AvgIpc) is 3.61. The minimum atomic E-state index is -0.103. The fourth-order valence-electron chi connectivity index (χ4n) is 7.07. The Balaban J connectivity index is 1.16. The summed E-state index contributed by atoms with van der Waals surface area (Å²) < 4.78 is 5.99. The maximum Gasteiger partial charge on any atom is 0.227 e. The summed E-state index contributed by atoms with van der Waals surface area (Å²) in [5.41, 5.74) is 15.5. The van der Waals surface area contributed by atoms with Crippen molar-refractivity contribution in [2.75, 3.05) is 0 Å². The van der Waals surface area contributed by atoms with Gasteiger partial charge in [-0.25, -0.2) is 4.98 Å². The lowest BCUT2D eigenvalue weighted by Crippen LogP contribution is -2.19.